The van der Waals surface area contributed by atoms with Crippen LogP contribution in [-0.2, 0) is 31.4 Å². The molecule has 40 heavy (non-hydrogen) atoms. The third kappa shape index (κ3) is 4.90. The average Bonchev–Trinajstić information content (AvgIpc) is 3.33. The molecule has 1 atom stereocenters. The van der Waals surface area contributed by atoms with Crippen molar-refractivity contribution < 1.29 is 22.4 Å². The molecule has 1 saturated heterocycles. The first-order valence-corrected chi connectivity index (χ1v) is 14.8. The maximum atomic E-state index is 13.8. The Morgan fingerprint density at radius 2 is 1.75 bits per heavy atom. The summed E-state index contributed by atoms with van der Waals surface area (Å²) in [6, 6.07) is 12.8. The number of aromatic nitrogens is 2. The lowest BCUT2D eigenvalue weighted by Crippen LogP contribution is -2.57. The lowest BCUT2D eigenvalue weighted by Gasteiger charge is -2.44. The fourth-order valence-electron chi connectivity index (χ4n) is 5.42. The molecule has 2 aromatic carbocycles. The van der Waals surface area contributed by atoms with Crippen LogP contribution < -0.4 is 5.32 Å². The predicted molar refractivity (Wildman–Crippen MR) is 150 cm³/mol. The van der Waals surface area contributed by atoms with Gasteiger partial charge in [-0.2, -0.15) is 9.40 Å². The second-order valence-electron chi connectivity index (χ2n) is 11.5. The van der Waals surface area contributed by atoms with Gasteiger partial charge in [0.1, 0.15) is 5.82 Å². The van der Waals surface area contributed by atoms with Crippen LogP contribution in [0.3, 0.4) is 0 Å². The van der Waals surface area contributed by atoms with Gasteiger partial charge >= 0.3 is 0 Å². The first-order valence-electron chi connectivity index (χ1n) is 13.3. The number of nitrogens with one attached hydrogen (secondary N) is 1. The summed E-state index contributed by atoms with van der Waals surface area (Å²) in [4.78, 5) is 26.2. The van der Waals surface area contributed by atoms with E-state index in [0.717, 1.165) is 22.4 Å². The van der Waals surface area contributed by atoms with Gasteiger partial charge in [0.2, 0.25) is 21.8 Å². The molecule has 0 radical (unpaired) electrons. The van der Waals surface area contributed by atoms with E-state index in [4.69, 9.17) is 0 Å². The molecule has 210 valence electrons. The molecule has 2 heterocycles. The molecule has 2 aliphatic rings. The van der Waals surface area contributed by atoms with Crippen LogP contribution in [0.15, 0.2) is 65.2 Å². The lowest BCUT2D eigenvalue weighted by atomic mass is 9.68. The van der Waals surface area contributed by atoms with E-state index in [-0.39, 0.29) is 42.1 Å². The van der Waals surface area contributed by atoms with Crippen LogP contribution in [0.1, 0.15) is 57.4 Å². The summed E-state index contributed by atoms with van der Waals surface area (Å²) in [5.41, 5.74) is 2.50. The number of rotatable bonds is 5. The zero-order valence-electron chi connectivity index (χ0n) is 23.1. The zero-order valence-corrected chi connectivity index (χ0v) is 23.9. The number of fused-ring (bicyclic) bond motifs is 2. The summed E-state index contributed by atoms with van der Waals surface area (Å²) in [5, 5.41) is 6.98. The highest BCUT2D eigenvalue weighted by molar-refractivity contribution is 7.89. The summed E-state index contributed by atoms with van der Waals surface area (Å²) in [7, 11) is -3.91. The van der Waals surface area contributed by atoms with E-state index in [0.29, 0.717) is 12.1 Å². The Balaban J connectivity index is 1.53. The smallest absolute Gasteiger partial charge is 0.243 e. The summed E-state index contributed by atoms with van der Waals surface area (Å²) >= 11 is 0. The molecule has 0 saturated carbocycles. The maximum absolute atomic E-state index is 13.8. The molecule has 2 amide bonds. The number of carbonyl (C=O) groups is 2. The van der Waals surface area contributed by atoms with Gasteiger partial charge < -0.3 is 0 Å². The molecule has 0 spiro atoms. The van der Waals surface area contributed by atoms with Crippen molar-refractivity contribution in [3.8, 4) is 5.69 Å². The average molecular weight is 565 g/mol. The molecule has 8 nitrogen and oxygen atoms in total. The Bertz CT molecular complexity index is 1600. The normalized spacial score (nSPS) is 19.4. The van der Waals surface area contributed by atoms with Gasteiger partial charge in [0.25, 0.3) is 0 Å². The van der Waals surface area contributed by atoms with Crippen LogP contribution in [-0.4, -0.2) is 47.4 Å². The zero-order chi connectivity index (χ0) is 28.9. The lowest BCUT2D eigenvalue weighted by molar-refractivity contribution is -0.136. The summed E-state index contributed by atoms with van der Waals surface area (Å²) in [6.45, 7) is 7.92. The minimum atomic E-state index is -3.91. The Kier molecular flexibility index (Phi) is 7.04. The third-order valence-electron chi connectivity index (χ3n) is 7.82. The maximum Gasteiger partial charge on any atom is 0.243 e. The standard InChI is InChI=1S/C30H33FN4O4S/c1-5-27(36)33-28(37)30-17-20-18-32-35(24-10-8-23(31)9-11-24)26(20)16-22(30)14-15-34(19-30)40(38,39)25-12-6-21(7-13-25)29(2,3)4/h6-13,16,18H,5,14-15,17,19H2,1-4H3,(H,33,36,37)/t30-/m0/s1. The minimum Gasteiger partial charge on any atom is -0.296 e. The number of benzene rings is 2. The van der Waals surface area contributed by atoms with Crippen molar-refractivity contribution in [2.75, 3.05) is 13.1 Å². The summed E-state index contributed by atoms with van der Waals surface area (Å²) in [5.74, 6) is -1.31. The first kappa shape index (κ1) is 27.9. The summed E-state index contributed by atoms with van der Waals surface area (Å²) in [6.07, 6.45) is 4.11. The number of imide groups is 1. The number of carbonyl (C=O) groups excluding carboxylic acids is 2. The van der Waals surface area contributed by atoms with Crippen LogP contribution >= 0.6 is 0 Å². The molecule has 0 bridgehead atoms. The van der Waals surface area contributed by atoms with Crippen LogP contribution in [0.5, 0.6) is 0 Å². The number of nitrogens with zero attached hydrogens (tertiary/aromatic N) is 3. The van der Waals surface area contributed by atoms with Gasteiger partial charge in [-0.1, -0.05) is 39.8 Å². The number of sulfonamides is 1. The molecule has 1 aliphatic heterocycles. The van der Waals surface area contributed by atoms with Crippen LogP contribution in [0.2, 0.25) is 0 Å². The van der Waals surface area contributed by atoms with E-state index in [9.17, 15) is 22.4 Å². The van der Waals surface area contributed by atoms with Crippen molar-refractivity contribution in [3.05, 3.63) is 82.9 Å². The van der Waals surface area contributed by atoms with E-state index in [1.807, 2.05) is 18.2 Å². The van der Waals surface area contributed by atoms with Gasteiger partial charge in [0, 0.05) is 19.5 Å². The highest BCUT2D eigenvalue weighted by atomic mass is 32.2. The molecule has 10 heteroatoms. The van der Waals surface area contributed by atoms with Crippen molar-refractivity contribution in [1.29, 1.82) is 0 Å². The van der Waals surface area contributed by atoms with Crippen LogP contribution in [0, 0.1) is 11.2 Å². The minimum absolute atomic E-state index is 0.105. The van der Waals surface area contributed by atoms with Gasteiger partial charge in [-0.3, -0.25) is 14.9 Å². The molecule has 1 N–H and O–H groups in total. The number of hydrogen-bond acceptors (Lipinski definition) is 5. The van der Waals surface area contributed by atoms with Crippen molar-refractivity contribution in [2.45, 2.75) is 57.3 Å². The topological polar surface area (TPSA) is 101 Å². The Labute approximate surface area is 233 Å². The molecular formula is C30H33FN4O4S. The van der Waals surface area contributed by atoms with Gasteiger partial charge in [-0.05, 0) is 77.4 Å². The SMILES string of the molecule is CCC(=O)NC(=O)[C@]12Cc3cnn(-c4ccc(F)cc4)c3C=C1CCN(S(=O)(=O)c1ccc(C(C)(C)C)cc1)C2. The molecule has 1 aliphatic carbocycles. The second-order valence-corrected chi connectivity index (χ2v) is 13.4. The fraction of sp³-hybridized carbons (Fsp3) is 0.367. The highest BCUT2D eigenvalue weighted by Crippen LogP contribution is 2.45. The van der Waals surface area contributed by atoms with Crippen molar-refractivity contribution >= 4 is 27.9 Å². The van der Waals surface area contributed by atoms with Gasteiger partial charge in [0.05, 0.1) is 27.9 Å². The van der Waals surface area contributed by atoms with Gasteiger partial charge in [-0.15, -0.1) is 0 Å². The van der Waals surface area contributed by atoms with E-state index in [1.54, 1.807) is 42.1 Å². The number of amides is 2. The highest BCUT2D eigenvalue weighted by Gasteiger charge is 2.51. The summed E-state index contributed by atoms with van der Waals surface area (Å²) < 4.78 is 44.1. The molecular weight excluding hydrogens is 531 g/mol. The number of halogens is 1. The van der Waals surface area contributed by atoms with Crippen LogP contribution in [0.25, 0.3) is 11.8 Å². The van der Waals surface area contributed by atoms with E-state index in [2.05, 4.69) is 31.2 Å². The Morgan fingerprint density at radius 3 is 2.38 bits per heavy atom. The van der Waals surface area contributed by atoms with Crippen molar-refractivity contribution in [2.24, 2.45) is 5.41 Å². The Hall–Kier alpha value is -3.63. The van der Waals surface area contributed by atoms with Gasteiger partial charge in [-0.25, -0.2) is 17.5 Å². The van der Waals surface area contributed by atoms with Crippen LogP contribution in [0.4, 0.5) is 4.39 Å². The molecule has 0 unspecified atom stereocenters. The second kappa shape index (κ2) is 10.1. The Morgan fingerprint density at radius 1 is 1.07 bits per heavy atom. The van der Waals surface area contributed by atoms with E-state index >= 15 is 0 Å². The monoisotopic (exact) mass is 564 g/mol. The van der Waals surface area contributed by atoms with Gasteiger partial charge in [0.15, 0.2) is 0 Å². The number of hydrogen-bond donors (Lipinski definition) is 1. The fourth-order valence-corrected chi connectivity index (χ4v) is 6.92. The van der Waals surface area contributed by atoms with Crippen molar-refractivity contribution in [3.63, 3.8) is 0 Å². The largest absolute Gasteiger partial charge is 0.296 e. The molecule has 1 fully saturated rings. The first-order chi connectivity index (χ1) is 18.8. The molecule has 3 aromatic rings. The van der Waals surface area contributed by atoms with E-state index < -0.39 is 27.3 Å². The van der Waals surface area contributed by atoms with E-state index in [1.165, 1.54) is 16.4 Å². The van der Waals surface area contributed by atoms with Crippen molar-refractivity contribution in [1.82, 2.24) is 19.4 Å². The third-order valence-corrected chi connectivity index (χ3v) is 9.68. The molecule has 5 rings (SSSR count). The quantitative estimate of drug-likeness (QED) is 0.496. The molecule has 1 aromatic heterocycles. The predicted octanol–water partition coefficient (Wildman–Crippen LogP) is 4.38. The number of piperidine rings is 1.